The molecular weight excluding hydrogens is 775 g/mol. The molecule has 0 radical (unpaired) electrons. The molecule has 1 spiro atoms. The molecule has 61 heavy (non-hydrogen) atoms. The Labute approximate surface area is 352 Å². The summed E-state index contributed by atoms with van der Waals surface area (Å²) in [5.41, 5.74) is 9.01. The van der Waals surface area contributed by atoms with Gasteiger partial charge in [-0.3, -0.25) is 19.3 Å². The highest BCUT2D eigenvalue weighted by atomic mass is 16.6. The molecule has 6 unspecified atom stereocenters. The van der Waals surface area contributed by atoms with Crippen LogP contribution in [0.1, 0.15) is 57.1 Å². The summed E-state index contributed by atoms with van der Waals surface area (Å²) in [6, 6.07) is 31.2. The Bertz CT molecular complexity index is 2610. The minimum atomic E-state index is -1.74. The van der Waals surface area contributed by atoms with Gasteiger partial charge in [0.2, 0.25) is 11.8 Å². The number of benzene rings is 5. The van der Waals surface area contributed by atoms with Crippen molar-refractivity contribution in [1.29, 1.82) is 0 Å². The molecule has 5 aromatic rings. The average Bonchev–Trinajstić information content (AvgIpc) is 3.76. The molecule has 2 fully saturated rings. The summed E-state index contributed by atoms with van der Waals surface area (Å²) in [6.07, 6.45) is -0.340. The van der Waals surface area contributed by atoms with Crippen LogP contribution >= 0.6 is 0 Å². The summed E-state index contributed by atoms with van der Waals surface area (Å²) < 4.78 is 17.8. The Morgan fingerprint density at radius 3 is 2.21 bits per heavy atom. The molecule has 13 heteroatoms. The molecule has 4 aliphatic rings. The molecular formula is C48H43N5O8. The van der Waals surface area contributed by atoms with Crippen molar-refractivity contribution in [3.63, 3.8) is 0 Å². The van der Waals surface area contributed by atoms with E-state index in [1.807, 2.05) is 77.7 Å². The van der Waals surface area contributed by atoms with Gasteiger partial charge in [0.25, 0.3) is 0 Å². The zero-order valence-electron chi connectivity index (χ0n) is 33.5. The fourth-order valence-electron chi connectivity index (χ4n) is 9.85. The first kappa shape index (κ1) is 39.2. The zero-order chi connectivity index (χ0) is 42.4. The number of fused-ring (bicyclic) bond motifs is 4. The van der Waals surface area contributed by atoms with E-state index >= 15 is 14.4 Å². The summed E-state index contributed by atoms with van der Waals surface area (Å²) in [4.78, 5) is 61.7. The van der Waals surface area contributed by atoms with E-state index in [0.717, 1.165) is 22.3 Å². The van der Waals surface area contributed by atoms with Crippen molar-refractivity contribution < 1.29 is 38.5 Å². The smallest absolute Gasteiger partial charge is 0.324 e. The first-order valence-electron chi connectivity index (χ1n) is 20.0. The highest BCUT2D eigenvalue weighted by molar-refractivity contribution is 6.12. The second-order valence-corrected chi connectivity index (χ2v) is 15.6. The maximum Gasteiger partial charge on any atom is 0.324 e. The van der Waals surface area contributed by atoms with Gasteiger partial charge in [-0.25, -0.2) is 4.79 Å². The van der Waals surface area contributed by atoms with Crippen molar-refractivity contribution >= 4 is 29.5 Å². The number of primary amides is 1. The van der Waals surface area contributed by atoms with Crippen LogP contribution in [0.2, 0.25) is 0 Å². The monoisotopic (exact) mass is 817 g/mol. The lowest BCUT2D eigenvalue weighted by molar-refractivity contribution is -0.179. The van der Waals surface area contributed by atoms with E-state index in [0.29, 0.717) is 46.8 Å². The lowest BCUT2D eigenvalue weighted by Crippen LogP contribution is -2.56. The molecule has 4 amide bonds. The molecule has 0 aliphatic carbocycles. The summed E-state index contributed by atoms with van der Waals surface area (Å²) in [5.74, 6) is 4.27. The van der Waals surface area contributed by atoms with E-state index < -0.39 is 59.4 Å². The predicted molar refractivity (Wildman–Crippen MR) is 224 cm³/mol. The molecule has 0 aromatic heterocycles. The van der Waals surface area contributed by atoms with Gasteiger partial charge in [0, 0.05) is 24.3 Å². The van der Waals surface area contributed by atoms with Gasteiger partial charge < -0.3 is 40.6 Å². The lowest BCUT2D eigenvalue weighted by Gasteiger charge is -2.46. The number of rotatable bonds is 7. The first-order valence-corrected chi connectivity index (χ1v) is 20.0. The minimum Gasteiger partial charge on any atom is -0.508 e. The number of nitrogens with two attached hydrogens (primary N) is 1. The molecule has 0 saturated carbocycles. The number of cyclic esters (lactones) is 1. The van der Waals surface area contributed by atoms with Crippen LogP contribution < -0.4 is 25.8 Å². The predicted octanol–water partition coefficient (Wildman–Crippen LogP) is 5.29. The second-order valence-electron chi connectivity index (χ2n) is 15.6. The van der Waals surface area contributed by atoms with Crippen LogP contribution in [0, 0.1) is 17.8 Å². The molecule has 308 valence electrons. The number of hydrogen-bond donors (Lipinski definition) is 4. The van der Waals surface area contributed by atoms with E-state index in [1.54, 1.807) is 61.6 Å². The van der Waals surface area contributed by atoms with Crippen LogP contribution in [0.4, 0.5) is 10.5 Å². The number of ether oxygens (including phenoxy) is 3. The lowest BCUT2D eigenvalue weighted by atomic mass is 9.65. The normalized spacial score (nSPS) is 23.7. The summed E-state index contributed by atoms with van der Waals surface area (Å²) >= 11 is 0. The third-order valence-electron chi connectivity index (χ3n) is 12.4. The number of phenols is 1. The van der Waals surface area contributed by atoms with Crippen molar-refractivity contribution in [3.05, 3.63) is 154 Å². The van der Waals surface area contributed by atoms with E-state index in [4.69, 9.17) is 19.9 Å². The van der Waals surface area contributed by atoms with Gasteiger partial charge in [-0.2, -0.15) is 0 Å². The Hall–Kier alpha value is -7.30. The number of nitrogens with zero attached hydrogens (tertiary/aromatic N) is 2. The summed E-state index contributed by atoms with van der Waals surface area (Å²) in [5, 5.41) is 16.2. The number of phenolic OH excluding ortho intramolecular Hbond substituents is 1. The number of nitrogens with one attached hydrogen (secondary N) is 2. The van der Waals surface area contributed by atoms with Gasteiger partial charge in [0.1, 0.15) is 23.3 Å². The first-order chi connectivity index (χ1) is 29.6. The SMILES string of the molecule is COc1cc2c(cc1OC)CN(C(=O)C1C3C(=O)OC(c4ccccc4)C(c4ccccc4)N3C(c3ccc(O)cc3)C13C(=O)Nc1ccc(C#CCNC(N)=O)cc13)CC2. The van der Waals surface area contributed by atoms with Gasteiger partial charge >= 0.3 is 12.0 Å². The van der Waals surface area contributed by atoms with E-state index in [2.05, 4.69) is 22.5 Å². The number of amides is 4. The number of aromatic hydroxyl groups is 1. The molecule has 5 N–H and O–H groups in total. The number of esters is 1. The topological polar surface area (TPSA) is 173 Å². The Kier molecular flexibility index (Phi) is 10.1. The van der Waals surface area contributed by atoms with Crippen molar-refractivity contribution in [1.82, 2.24) is 15.1 Å². The number of carbonyl (C=O) groups excluding carboxylic acids is 4. The number of methoxy groups -OCH3 is 2. The van der Waals surface area contributed by atoms with Gasteiger partial charge in [-0.15, -0.1) is 0 Å². The Morgan fingerprint density at radius 2 is 1.54 bits per heavy atom. The third kappa shape index (κ3) is 6.56. The molecule has 9 rings (SSSR count). The maximum atomic E-state index is 15.9. The highest BCUT2D eigenvalue weighted by Crippen LogP contribution is 2.65. The Morgan fingerprint density at radius 1 is 0.869 bits per heavy atom. The molecule has 2 saturated heterocycles. The molecule has 6 atom stereocenters. The zero-order valence-corrected chi connectivity index (χ0v) is 33.5. The van der Waals surface area contributed by atoms with Crippen molar-refractivity contribution in [2.24, 2.45) is 11.7 Å². The van der Waals surface area contributed by atoms with Crippen LogP contribution in [-0.2, 0) is 37.5 Å². The minimum absolute atomic E-state index is 0.0113. The van der Waals surface area contributed by atoms with Gasteiger partial charge in [0.15, 0.2) is 11.5 Å². The molecule has 13 nitrogen and oxygen atoms in total. The van der Waals surface area contributed by atoms with Crippen molar-refractivity contribution in [2.45, 2.75) is 42.6 Å². The summed E-state index contributed by atoms with van der Waals surface area (Å²) in [7, 11) is 3.13. The standard InChI is InChI=1S/C48H43N5O8/c1-59-37-25-32-21-23-52(27-33(32)26-38(37)60-2)44(55)39-41-45(56)61-42(30-13-7-4-8-14-30)40(29-11-5-3-6-12-29)53(41)43(31-16-18-34(54)19-17-31)48(39)35-24-28(10-9-22-50-47(49)58)15-20-36(35)51-46(48)57/h3-8,11-20,24-26,39-43,54H,21-23,27H2,1-2H3,(H,51,57)(H3,49,50,58). The molecule has 0 bridgehead atoms. The molecule has 5 aromatic carbocycles. The summed E-state index contributed by atoms with van der Waals surface area (Å²) in [6.45, 7) is 0.482. The Balaban J connectivity index is 1.29. The quantitative estimate of drug-likeness (QED) is 0.126. The van der Waals surface area contributed by atoms with Gasteiger partial charge in [0.05, 0.1) is 38.8 Å². The average molecular weight is 818 g/mol. The van der Waals surface area contributed by atoms with Crippen molar-refractivity contribution in [2.75, 3.05) is 32.6 Å². The van der Waals surface area contributed by atoms with Crippen LogP contribution in [0.25, 0.3) is 0 Å². The third-order valence-corrected chi connectivity index (χ3v) is 12.4. The van der Waals surface area contributed by atoms with Crippen LogP contribution in [0.5, 0.6) is 17.2 Å². The van der Waals surface area contributed by atoms with Gasteiger partial charge in [-0.1, -0.05) is 84.6 Å². The van der Waals surface area contributed by atoms with E-state index in [9.17, 15) is 9.90 Å². The van der Waals surface area contributed by atoms with Crippen LogP contribution in [0.3, 0.4) is 0 Å². The number of hydrogen-bond acceptors (Lipinski definition) is 9. The number of urea groups is 1. The maximum absolute atomic E-state index is 15.9. The molecule has 4 aliphatic heterocycles. The number of anilines is 1. The molecule has 4 heterocycles. The second kappa shape index (κ2) is 15.7. The highest BCUT2D eigenvalue weighted by Gasteiger charge is 2.74. The van der Waals surface area contributed by atoms with E-state index in [-0.39, 0.29) is 18.8 Å². The fraction of sp³-hybridized carbons (Fsp3) is 0.250. The number of morpholine rings is 1. The van der Waals surface area contributed by atoms with Gasteiger partial charge in [-0.05, 0) is 82.3 Å². The van der Waals surface area contributed by atoms with Crippen molar-refractivity contribution in [3.8, 4) is 29.1 Å². The number of carbonyl (C=O) groups is 4. The van der Waals surface area contributed by atoms with Crippen LogP contribution in [-0.4, -0.2) is 72.1 Å². The largest absolute Gasteiger partial charge is 0.508 e. The van der Waals surface area contributed by atoms with E-state index in [1.165, 1.54) is 0 Å². The fourth-order valence-corrected chi connectivity index (χ4v) is 9.85. The van der Waals surface area contributed by atoms with Crippen LogP contribution in [0.15, 0.2) is 115 Å².